The van der Waals surface area contributed by atoms with E-state index < -0.39 is 0 Å². The topological polar surface area (TPSA) is 66.7 Å². The Hall–Kier alpha value is -2.73. The summed E-state index contributed by atoms with van der Waals surface area (Å²) in [6.07, 6.45) is 4.65. The van der Waals surface area contributed by atoms with E-state index in [1.165, 1.54) is 30.0 Å². The smallest absolute Gasteiger partial charge is 0.269 e. The second kappa shape index (κ2) is 8.10. The van der Waals surface area contributed by atoms with Crippen LogP contribution >= 0.6 is 0 Å². The van der Waals surface area contributed by atoms with Gasteiger partial charge >= 0.3 is 0 Å². The molecule has 2 aromatic rings. The molecule has 1 aliphatic heterocycles. The number of fused-ring (bicyclic) bond motifs is 1. The maximum Gasteiger partial charge on any atom is 0.269 e. The number of piperazine rings is 1. The molecule has 1 fully saturated rings. The van der Waals surface area contributed by atoms with Crippen LogP contribution in [0.4, 0.5) is 5.69 Å². The average molecular weight is 379 g/mol. The number of hydrogen-bond acceptors (Lipinski definition) is 4. The standard InChI is InChI=1S/C22H25N3O3/c26-22(20-9-8-18-5-1-2-6-19(18)15-20)24-12-10-23(11-13-24)16-17-4-3-7-21(14-17)25(27)28/h3-4,7-9,14-15H,1-2,5-6,10-13,16H2. The van der Waals surface area contributed by atoms with Crippen molar-refractivity contribution in [1.82, 2.24) is 9.80 Å². The number of nitro groups is 1. The Morgan fingerprint density at radius 3 is 2.46 bits per heavy atom. The Morgan fingerprint density at radius 1 is 0.964 bits per heavy atom. The van der Waals surface area contributed by atoms with Gasteiger partial charge in [0.25, 0.3) is 11.6 Å². The molecule has 0 spiro atoms. The minimum absolute atomic E-state index is 0.114. The van der Waals surface area contributed by atoms with Crippen LogP contribution < -0.4 is 0 Å². The van der Waals surface area contributed by atoms with Crippen molar-refractivity contribution in [3.8, 4) is 0 Å². The van der Waals surface area contributed by atoms with E-state index >= 15 is 0 Å². The summed E-state index contributed by atoms with van der Waals surface area (Å²) in [5.74, 6) is 0.114. The van der Waals surface area contributed by atoms with Crippen molar-refractivity contribution in [1.29, 1.82) is 0 Å². The fourth-order valence-electron chi connectivity index (χ4n) is 4.18. The predicted octanol–water partition coefficient (Wildman–Crippen LogP) is 3.43. The lowest BCUT2D eigenvalue weighted by Gasteiger charge is -2.35. The Morgan fingerprint density at radius 2 is 1.71 bits per heavy atom. The van der Waals surface area contributed by atoms with Crippen molar-refractivity contribution in [3.05, 3.63) is 74.8 Å². The van der Waals surface area contributed by atoms with Crippen LogP contribution in [0, 0.1) is 10.1 Å². The van der Waals surface area contributed by atoms with Gasteiger partial charge in [-0.2, -0.15) is 0 Å². The lowest BCUT2D eigenvalue weighted by atomic mass is 9.90. The molecule has 1 heterocycles. The Bertz CT molecular complexity index is 888. The van der Waals surface area contributed by atoms with E-state index in [0.29, 0.717) is 19.6 Å². The molecule has 6 nitrogen and oxygen atoms in total. The number of hydrogen-bond donors (Lipinski definition) is 0. The maximum absolute atomic E-state index is 12.9. The second-order valence-electron chi connectivity index (χ2n) is 7.69. The molecular formula is C22H25N3O3. The molecule has 0 saturated carbocycles. The normalized spacial score (nSPS) is 17.2. The molecule has 2 aliphatic rings. The SMILES string of the molecule is O=C(c1ccc2c(c1)CCCC2)N1CCN(Cc2cccc([N+](=O)[O-])c2)CC1. The lowest BCUT2D eigenvalue weighted by molar-refractivity contribution is -0.384. The molecule has 0 aromatic heterocycles. The number of non-ortho nitro benzene ring substituents is 1. The van der Waals surface area contributed by atoms with Gasteiger partial charge in [-0.1, -0.05) is 18.2 Å². The monoisotopic (exact) mass is 379 g/mol. The molecule has 1 aliphatic carbocycles. The minimum Gasteiger partial charge on any atom is -0.336 e. The number of rotatable bonds is 4. The van der Waals surface area contributed by atoms with Gasteiger partial charge in [0.05, 0.1) is 4.92 Å². The highest BCUT2D eigenvalue weighted by Gasteiger charge is 2.23. The van der Waals surface area contributed by atoms with Crippen molar-refractivity contribution >= 4 is 11.6 Å². The van der Waals surface area contributed by atoms with Crippen molar-refractivity contribution in [2.24, 2.45) is 0 Å². The summed E-state index contributed by atoms with van der Waals surface area (Å²) >= 11 is 0. The summed E-state index contributed by atoms with van der Waals surface area (Å²) in [4.78, 5) is 27.6. The average Bonchev–Trinajstić information content (AvgIpc) is 2.73. The van der Waals surface area contributed by atoms with Crippen LogP contribution in [0.5, 0.6) is 0 Å². The van der Waals surface area contributed by atoms with Gasteiger partial charge in [0.2, 0.25) is 0 Å². The summed E-state index contributed by atoms with van der Waals surface area (Å²) in [6.45, 7) is 3.59. The number of benzene rings is 2. The highest BCUT2D eigenvalue weighted by atomic mass is 16.6. The van der Waals surface area contributed by atoms with E-state index in [2.05, 4.69) is 17.0 Å². The molecular weight excluding hydrogens is 354 g/mol. The van der Waals surface area contributed by atoms with Gasteiger partial charge in [0.1, 0.15) is 0 Å². The van der Waals surface area contributed by atoms with Crippen molar-refractivity contribution in [2.45, 2.75) is 32.2 Å². The molecule has 1 saturated heterocycles. The fraction of sp³-hybridized carbons (Fsp3) is 0.409. The summed E-state index contributed by atoms with van der Waals surface area (Å²) in [5, 5.41) is 10.9. The van der Waals surface area contributed by atoms with E-state index in [9.17, 15) is 14.9 Å². The Balaban J connectivity index is 1.35. The van der Waals surface area contributed by atoms with Gasteiger partial charge in [0, 0.05) is 50.4 Å². The number of carbonyl (C=O) groups is 1. The van der Waals surface area contributed by atoms with Gasteiger partial charge in [-0.05, 0) is 54.5 Å². The summed E-state index contributed by atoms with van der Waals surface area (Å²) in [5.41, 5.74) is 4.58. The minimum atomic E-state index is -0.362. The quantitative estimate of drug-likeness (QED) is 0.603. The predicted molar refractivity (Wildman–Crippen MR) is 107 cm³/mol. The first-order chi connectivity index (χ1) is 13.6. The molecule has 1 amide bonds. The van der Waals surface area contributed by atoms with Crippen LogP contribution in [0.15, 0.2) is 42.5 Å². The molecule has 146 valence electrons. The van der Waals surface area contributed by atoms with Crippen molar-refractivity contribution in [2.75, 3.05) is 26.2 Å². The highest BCUT2D eigenvalue weighted by Crippen LogP contribution is 2.23. The summed E-state index contributed by atoms with van der Waals surface area (Å²) < 4.78 is 0. The van der Waals surface area contributed by atoms with E-state index in [0.717, 1.165) is 37.1 Å². The van der Waals surface area contributed by atoms with Gasteiger partial charge in [-0.15, -0.1) is 0 Å². The van der Waals surface area contributed by atoms with E-state index in [1.54, 1.807) is 12.1 Å². The maximum atomic E-state index is 12.9. The van der Waals surface area contributed by atoms with Gasteiger partial charge in [-0.25, -0.2) is 0 Å². The molecule has 0 unspecified atom stereocenters. The first-order valence-electron chi connectivity index (χ1n) is 9.97. The van der Waals surface area contributed by atoms with Crippen molar-refractivity contribution in [3.63, 3.8) is 0 Å². The Labute approximate surface area is 164 Å². The zero-order valence-electron chi connectivity index (χ0n) is 16.0. The number of carbonyl (C=O) groups excluding carboxylic acids is 1. The third-order valence-corrected chi connectivity index (χ3v) is 5.78. The largest absolute Gasteiger partial charge is 0.336 e. The molecule has 4 rings (SSSR count). The van der Waals surface area contributed by atoms with E-state index in [4.69, 9.17) is 0 Å². The zero-order valence-corrected chi connectivity index (χ0v) is 16.0. The number of nitrogens with zero attached hydrogens (tertiary/aromatic N) is 3. The van der Waals surface area contributed by atoms with Crippen LogP contribution in [-0.2, 0) is 19.4 Å². The summed E-state index contributed by atoms with van der Waals surface area (Å²) in [6, 6.07) is 13.0. The van der Waals surface area contributed by atoms with Crippen LogP contribution in [0.25, 0.3) is 0 Å². The number of nitro benzene ring substituents is 1. The van der Waals surface area contributed by atoms with Crippen LogP contribution in [0.3, 0.4) is 0 Å². The third-order valence-electron chi connectivity index (χ3n) is 5.78. The third kappa shape index (κ3) is 4.07. The van der Waals surface area contributed by atoms with Gasteiger partial charge < -0.3 is 4.90 Å². The van der Waals surface area contributed by atoms with Gasteiger partial charge in [-0.3, -0.25) is 19.8 Å². The van der Waals surface area contributed by atoms with E-state index in [1.807, 2.05) is 17.0 Å². The molecule has 0 atom stereocenters. The van der Waals surface area contributed by atoms with E-state index in [-0.39, 0.29) is 16.5 Å². The van der Waals surface area contributed by atoms with Crippen LogP contribution in [0.1, 0.15) is 39.9 Å². The van der Waals surface area contributed by atoms with Gasteiger partial charge in [0.15, 0.2) is 0 Å². The lowest BCUT2D eigenvalue weighted by Crippen LogP contribution is -2.48. The molecule has 6 heteroatoms. The number of aryl methyl sites for hydroxylation is 2. The molecule has 0 radical (unpaired) electrons. The van der Waals surface area contributed by atoms with Crippen LogP contribution in [-0.4, -0.2) is 46.8 Å². The second-order valence-corrected chi connectivity index (χ2v) is 7.69. The zero-order chi connectivity index (χ0) is 19.5. The molecule has 0 N–H and O–H groups in total. The first kappa shape index (κ1) is 18.6. The molecule has 0 bridgehead atoms. The first-order valence-corrected chi connectivity index (χ1v) is 9.97. The summed E-state index contributed by atoms with van der Waals surface area (Å²) in [7, 11) is 0. The molecule has 28 heavy (non-hydrogen) atoms. The molecule has 2 aromatic carbocycles. The fourth-order valence-corrected chi connectivity index (χ4v) is 4.18. The van der Waals surface area contributed by atoms with Crippen LogP contribution in [0.2, 0.25) is 0 Å². The number of amides is 1. The van der Waals surface area contributed by atoms with Crippen molar-refractivity contribution < 1.29 is 9.72 Å². The highest BCUT2D eigenvalue weighted by molar-refractivity contribution is 5.94. The Kier molecular flexibility index (Phi) is 5.39.